The second-order valence-electron chi connectivity index (χ2n) is 8.62. The van der Waals surface area contributed by atoms with E-state index in [4.69, 9.17) is 5.10 Å². The lowest BCUT2D eigenvalue weighted by Gasteiger charge is -2.37. The molecule has 3 heterocycles. The van der Waals surface area contributed by atoms with Gasteiger partial charge in [0.05, 0.1) is 11.4 Å². The van der Waals surface area contributed by atoms with Crippen molar-refractivity contribution in [2.75, 3.05) is 31.1 Å². The highest BCUT2D eigenvalue weighted by Crippen LogP contribution is 2.27. The molecule has 5 rings (SSSR count). The van der Waals surface area contributed by atoms with Crippen LogP contribution in [0.15, 0.2) is 73.1 Å². The van der Waals surface area contributed by atoms with Gasteiger partial charge in [-0.2, -0.15) is 5.10 Å². The largest absolute Gasteiger partial charge is 0.368 e. The van der Waals surface area contributed by atoms with Gasteiger partial charge in [-0.25, -0.2) is 4.68 Å². The molecule has 1 amide bonds. The summed E-state index contributed by atoms with van der Waals surface area (Å²) < 4.78 is 3.85. The van der Waals surface area contributed by atoms with Gasteiger partial charge in [-0.1, -0.05) is 30.3 Å². The average Bonchev–Trinajstić information content (AvgIpc) is 3.49. The summed E-state index contributed by atoms with van der Waals surface area (Å²) in [6.07, 6.45) is 3.93. The van der Waals surface area contributed by atoms with Crippen molar-refractivity contribution >= 4 is 11.6 Å². The lowest BCUT2D eigenvalue weighted by Crippen LogP contribution is -2.49. The number of carbonyl (C=O) groups is 1. The number of hydrogen-bond donors (Lipinski definition) is 0. The molecular formula is C27H29N5O. The Hall–Kier alpha value is -3.80. The maximum absolute atomic E-state index is 13.8. The van der Waals surface area contributed by atoms with Crippen LogP contribution in [0.5, 0.6) is 0 Å². The Kier molecular flexibility index (Phi) is 5.50. The molecule has 0 unspecified atom stereocenters. The van der Waals surface area contributed by atoms with Gasteiger partial charge in [-0.3, -0.25) is 4.79 Å². The van der Waals surface area contributed by atoms with Crippen molar-refractivity contribution in [3.05, 3.63) is 95.4 Å². The van der Waals surface area contributed by atoms with Gasteiger partial charge in [0.2, 0.25) is 0 Å². The molecule has 0 bridgehead atoms. The molecule has 0 saturated carbocycles. The first-order chi connectivity index (χ1) is 16.0. The quantitative estimate of drug-likeness (QED) is 0.469. The third-order valence-electron chi connectivity index (χ3n) is 6.58. The molecule has 2 aromatic heterocycles. The Bertz CT molecular complexity index is 1270. The Labute approximate surface area is 194 Å². The van der Waals surface area contributed by atoms with Crippen LogP contribution >= 0.6 is 0 Å². The number of para-hydroxylation sites is 1. The minimum absolute atomic E-state index is 0.0407. The minimum atomic E-state index is 0.0407. The summed E-state index contributed by atoms with van der Waals surface area (Å²) in [5, 5.41) is 4.77. The number of aromatic nitrogens is 3. The zero-order chi connectivity index (χ0) is 22.9. The van der Waals surface area contributed by atoms with Gasteiger partial charge in [-0.15, -0.1) is 0 Å². The van der Waals surface area contributed by atoms with Crippen molar-refractivity contribution in [1.82, 2.24) is 19.2 Å². The van der Waals surface area contributed by atoms with Gasteiger partial charge in [-0.05, 0) is 62.2 Å². The molecule has 168 valence electrons. The van der Waals surface area contributed by atoms with E-state index >= 15 is 0 Å². The fourth-order valence-corrected chi connectivity index (χ4v) is 4.62. The second-order valence-corrected chi connectivity index (χ2v) is 8.62. The van der Waals surface area contributed by atoms with Crippen LogP contribution in [0.25, 0.3) is 11.5 Å². The first-order valence-electron chi connectivity index (χ1n) is 11.4. The fraction of sp³-hybridized carbons (Fsp3) is 0.259. The van der Waals surface area contributed by atoms with Gasteiger partial charge in [0, 0.05) is 44.3 Å². The number of hydrogen-bond acceptors (Lipinski definition) is 3. The van der Waals surface area contributed by atoms with E-state index < -0.39 is 0 Å². The van der Waals surface area contributed by atoms with Crippen molar-refractivity contribution in [3.8, 4) is 11.5 Å². The number of amides is 1. The molecule has 1 aliphatic rings. The number of rotatable bonds is 4. The van der Waals surface area contributed by atoms with E-state index in [9.17, 15) is 4.79 Å². The Morgan fingerprint density at radius 3 is 2.21 bits per heavy atom. The third kappa shape index (κ3) is 3.82. The van der Waals surface area contributed by atoms with E-state index in [2.05, 4.69) is 36.9 Å². The smallest absolute Gasteiger partial charge is 0.259 e. The van der Waals surface area contributed by atoms with Crippen LogP contribution in [0.3, 0.4) is 0 Å². The van der Waals surface area contributed by atoms with Crippen molar-refractivity contribution in [2.45, 2.75) is 20.8 Å². The normalized spacial score (nSPS) is 14.0. The molecule has 1 aliphatic heterocycles. The van der Waals surface area contributed by atoms with Crippen LogP contribution in [0, 0.1) is 20.8 Å². The molecule has 4 aromatic rings. The van der Waals surface area contributed by atoms with Crippen LogP contribution in [0.2, 0.25) is 0 Å². The minimum Gasteiger partial charge on any atom is -0.368 e. The number of piperazine rings is 1. The van der Waals surface area contributed by atoms with Crippen LogP contribution in [-0.2, 0) is 0 Å². The highest BCUT2D eigenvalue weighted by molar-refractivity contribution is 5.99. The van der Waals surface area contributed by atoms with Crippen LogP contribution in [-0.4, -0.2) is 51.3 Å². The lowest BCUT2D eigenvalue weighted by molar-refractivity contribution is 0.0746. The van der Waals surface area contributed by atoms with Crippen molar-refractivity contribution in [2.24, 2.45) is 0 Å². The van der Waals surface area contributed by atoms with E-state index in [1.54, 1.807) is 0 Å². The molecule has 0 radical (unpaired) electrons. The number of nitrogens with zero attached hydrogens (tertiary/aromatic N) is 5. The molecule has 0 spiro atoms. The summed E-state index contributed by atoms with van der Waals surface area (Å²) in [6, 6.07) is 20.3. The zero-order valence-corrected chi connectivity index (χ0v) is 19.4. The number of benzene rings is 2. The van der Waals surface area contributed by atoms with Crippen molar-refractivity contribution in [1.29, 1.82) is 0 Å². The predicted molar refractivity (Wildman–Crippen MR) is 132 cm³/mol. The van der Waals surface area contributed by atoms with E-state index in [1.165, 1.54) is 16.8 Å². The molecule has 0 aliphatic carbocycles. The molecule has 1 fully saturated rings. The van der Waals surface area contributed by atoms with Gasteiger partial charge < -0.3 is 14.4 Å². The van der Waals surface area contributed by atoms with Crippen LogP contribution in [0.4, 0.5) is 5.69 Å². The standard InChI is InChI=1S/C27H29N5O/c1-20-10-9-13-24(21(20)2)29-16-18-31(19-17-29)27(33)25-22(3)28-32(23-11-5-4-6-12-23)26(25)30-14-7-8-15-30/h4-15H,16-19H2,1-3H3. The average molecular weight is 440 g/mol. The fourth-order valence-electron chi connectivity index (χ4n) is 4.62. The summed E-state index contributed by atoms with van der Waals surface area (Å²) >= 11 is 0. The summed E-state index contributed by atoms with van der Waals surface area (Å²) in [7, 11) is 0. The van der Waals surface area contributed by atoms with Crippen molar-refractivity contribution in [3.63, 3.8) is 0 Å². The molecule has 0 atom stereocenters. The maximum atomic E-state index is 13.8. The van der Waals surface area contributed by atoms with E-state index in [-0.39, 0.29) is 5.91 Å². The first-order valence-corrected chi connectivity index (χ1v) is 11.4. The summed E-state index contributed by atoms with van der Waals surface area (Å²) in [6.45, 7) is 9.26. The van der Waals surface area contributed by atoms with E-state index in [0.717, 1.165) is 30.3 Å². The van der Waals surface area contributed by atoms with E-state index in [0.29, 0.717) is 18.7 Å². The summed E-state index contributed by atoms with van der Waals surface area (Å²) in [5.74, 6) is 0.824. The second kappa shape index (κ2) is 8.62. The maximum Gasteiger partial charge on any atom is 0.259 e. The number of anilines is 1. The van der Waals surface area contributed by atoms with Crippen molar-refractivity contribution < 1.29 is 4.79 Å². The molecule has 33 heavy (non-hydrogen) atoms. The molecule has 2 aromatic carbocycles. The molecule has 6 nitrogen and oxygen atoms in total. The van der Waals surface area contributed by atoms with Crippen LogP contribution in [0.1, 0.15) is 27.2 Å². The molecule has 0 N–H and O–H groups in total. The molecule has 1 saturated heterocycles. The highest BCUT2D eigenvalue weighted by Gasteiger charge is 2.30. The molecule has 6 heteroatoms. The topological polar surface area (TPSA) is 46.3 Å². The highest BCUT2D eigenvalue weighted by atomic mass is 16.2. The Morgan fingerprint density at radius 2 is 1.52 bits per heavy atom. The lowest BCUT2D eigenvalue weighted by atomic mass is 10.1. The van der Waals surface area contributed by atoms with Gasteiger partial charge in [0.25, 0.3) is 5.91 Å². The summed E-state index contributed by atoms with van der Waals surface area (Å²) in [5.41, 5.74) is 6.21. The zero-order valence-electron chi connectivity index (χ0n) is 19.4. The monoisotopic (exact) mass is 439 g/mol. The predicted octanol–water partition coefficient (Wildman–Crippen LogP) is 4.55. The molecular weight excluding hydrogens is 410 g/mol. The van der Waals surface area contributed by atoms with E-state index in [1.807, 2.05) is 75.9 Å². The number of carbonyl (C=O) groups excluding carboxylic acids is 1. The summed E-state index contributed by atoms with van der Waals surface area (Å²) in [4.78, 5) is 18.1. The van der Waals surface area contributed by atoms with Gasteiger partial charge in [0.1, 0.15) is 5.56 Å². The van der Waals surface area contributed by atoms with Gasteiger partial charge in [0.15, 0.2) is 5.82 Å². The third-order valence-corrected chi connectivity index (χ3v) is 6.58. The number of aryl methyl sites for hydroxylation is 2. The Morgan fingerprint density at radius 1 is 0.818 bits per heavy atom. The van der Waals surface area contributed by atoms with Gasteiger partial charge >= 0.3 is 0 Å². The Balaban J connectivity index is 1.45. The first kappa shape index (κ1) is 21.1. The van der Waals surface area contributed by atoms with Crippen LogP contribution < -0.4 is 4.90 Å². The SMILES string of the molecule is Cc1cccc(N2CCN(C(=O)c3c(C)nn(-c4ccccc4)c3-n3cccc3)CC2)c1C.